The topological polar surface area (TPSA) is 29.5 Å². The molecule has 0 radical (unpaired) electrons. The minimum absolute atomic E-state index is 0.0431. The second-order valence-electron chi connectivity index (χ2n) is 24.4. The number of fused-ring (bicyclic) bond motifs is 13. The van der Waals surface area contributed by atoms with Crippen LogP contribution in [0.4, 0.5) is 34.1 Å². The predicted octanol–water partition coefficient (Wildman–Crippen LogP) is 21.8. The summed E-state index contributed by atoms with van der Waals surface area (Å²) in [7, 11) is 0. The number of nitrogens with zero attached hydrogens (tertiary/aromatic N) is 4. The van der Waals surface area contributed by atoms with Crippen molar-refractivity contribution in [3.8, 4) is 55.9 Å². The quantitative estimate of drug-likeness (QED) is 0.142. The van der Waals surface area contributed by atoms with Crippen molar-refractivity contribution in [1.29, 1.82) is 0 Å². The Morgan fingerprint density at radius 3 is 1.32 bits per heavy atom. The minimum atomic E-state index is -1.04. The van der Waals surface area contributed by atoms with Gasteiger partial charge in [0.2, 0.25) is 0 Å². The van der Waals surface area contributed by atoms with Gasteiger partial charge in [-0.05, 0) is 140 Å². The smallest absolute Gasteiger partial charge is 0.252 e. The average molecular weight is 1230 g/mol. The van der Waals surface area contributed by atoms with Gasteiger partial charge in [-0.3, -0.25) is 0 Å². The van der Waals surface area contributed by atoms with E-state index in [2.05, 4.69) is 32.9 Å². The second-order valence-corrected chi connectivity index (χ2v) is 24.4. The van der Waals surface area contributed by atoms with E-state index in [9.17, 15) is 21.9 Å². The molecule has 5 heterocycles. The van der Waals surface area contributed by atoms with Gasteiger partial charge in [-0.1, -0.05) is 257 Å². The van der Waals surface area contributed by atoms with Gasteiger partial charge in [-0.2, -0.15) is 0 Å². The molecule has 2 aliphatic rings. The van der Waals surface area contributed by atoms with E-state index >= 15 is 0 Å². The lowest BCUT2D eigenvalue weighted by atomic mass is 9.33. The monoisotopic (exact) mass is 1230 g/mol. The number of aromatic nitrogens is 2. The van der Waals surface area contributed by atoms with Gasteiger partial charge in [-0.25, -0.2) is 0 Å². The van der Waals surface area contributed by atoms with E-state index in [4.69, 9.17) is 18.1 Å². The predicted molar refractivity (Wildman–Crippen MR) is 397 cm³/mol. The molecule has 0 saturated heterocycles. The van der Waals surface area contributed by atoms with Gasteiger partial charge in [0.15, 0.2) is 11.2 Å². The van der Waals surface area contributed by atoms with E-state index in [0.29, 0.717) is 55.3 Å². The number of benzene rings is 14. The van der Waals surface area contributed by atoms with E-state index in [1.165, 1.54) is 9.13 Å². The Hall–Kier alpha value is -11.9. The third-order valence-corrected chi connectivity index (χ3v) is 18.3. The molecule has 0 atom stereocenters. The third-order valence-electron chi connectivity index (χ3n) is 18.3. The molecule has 0 unspecified atom stereocenters. The van der Waals surface area contributed by atoms with Crippen LogP contribution in [0.2, 0.25) is 0 Å². The van der Waals surface area contributed by atoms with Crippen LogP contribution >= 0.6 is 0 Å². The van der Waals surface area contributed by atoms with Gasteiger partial charge in [0, 0.05) is 71.9 Å². The highest BCUT2D eigenvalue weighted by Crippen LogP contribution is 2.54. The molecule has 2 aliphatic heterocycles. The summed E-state index contributed by atoms with van der Waals surface area (Å²) in [6, 6.07) is 31.4. The van der Waals surface area contributed by atoms with Crippen molar-refractivity contribution in [3.63, 3.8) is 0 Å². The van der Waals surface area contributed by atoms with Gasteiger partial charge in [-0.15, -0.1) is 0 Å². The molecule has 5 nitrogen and oxygen atoms in total. The number of hydrogen-bond acceptors (Lipinski definition) is 3. The summed E-state index contributed by atoms with van der Waals surface area (Å²) in [6.07, 6.45) is 0. The van der Waals surface area contributed by atoms with Crippen LogP contribution in [0.3, 0.4) is 0 Å². The summed E-state index contributed by atoms with van der Waals surface area (Å²) < 4.78 is 253. The van der Waals surface area contributed by atoms with Crippen molar-refractivity contribution in [1.82, 2.24) is 9.13 Å². The molecule has 3 aromatic heterocycles. The maximum atomic E-state index is 9.96. The molecular weight excluding hydrogens is 1140 g/mol. The Morgan fingerprint density at radius 2 is 0.777 bits per heavy atom. The maximum absolute atomic E-state index is 9.96. The fraction of sp³-hybridized carbons (Fsp3) is 0.0455. The molecule has 0 saturated carbocycles. The molecule has 0 spiro atoms. The van der Waals surface area contributed by atoms with E-state index in [-0.39, 0.29) is 105 Å². The standard InChI is InChI=1S/C88H61BN4O/c1-88(2,3)62-53-70(58-30-12-6-13-31-58)85(71(54-62)59-32-14-7-15-33-59)93-80-50-60(56-26-8-4-9-27-56)46-48-72(80)89-73-49-47-63(90-74-40-20-16-34-64(74)65-35-17-21-41-75(65)90)55-81(73)92(82-51-61(52-83(93)84(82)89)57-28-10-5-11-29-57)79-45-25-39-69-68-38-24-44-78(86(68)94-87(69)79)91-76-42-22-18-36-66(76)67-37-19-23-43-77(67)91/h4-55H,1-3H3/i4D,5D,8D,9D,10D,11D,16D,17D,18D,19D,20D,21D,22D,23D,26D,27D,28D,29D,34D,35D,36D,37D,40D,41D,42D,43D. The Labute approximate surface area is 582 Å². The fourth-order valence-corrected chi connectivity index (χ4v) is 14.2. The Kier molecular flexibility index (Phi) is 7.54. The van der Waals surface area contributed by atoms with Crippen LogP contribution < -0.4 is 26.2 Å². The van der Waals surface area contributed by atoms with Gasteiger partial charge in [0.05, 0.1) is 74.8 Å². The van der Waals surface area contributed by atoms with Crippen LogP contribution in [-0.4, -0.2) is 15.8 Å². The van der Waals surface area contributed by atoms with Crippen LogP contribution in [0, 0.1) is 0 Å². The minimum Gasteiger partial charge on any atom is -0.452 e. The van der Waals surface area contributed by atoms with Gasteiger partial charge in [0.1, 0.15) is 0 Å². The highest BCUT2D eigenvalue weighted by atomic mass is 16.3. The van der Waals surface area contributed by atoms with Gasteiger partial charge < -0.3 is 23.4 Å². The molecule has 0 bridgehead atoms. The molecule has 6 heteroatoms. The largest absolute Gasteiger partial charge is 0.452 e. The highest BCUT2D eigenvalue weighted by Gasteiger charge is 2.46. The zero-order valence-corrected chi connectivity index (χ0v) is 50.3. The molecule has 17 aromatic rings. The summed E-state index contributed by atoms with van der Waals surface area (Å²) in [4.78, 5) is 3.84. The fourth-order valence-electron chi connectivity index (χ4n) is 14.2. The zero-order valence-electron chi connectivity index (χ0n) is 76.3. The molecule has 14 aromatic carbocycles. The molecular formula is C88H61BN4O. The molecule has 94 heavy (non-hydrogen) atoms. The van der Waals surface area contributed by atoms with E-state index in [1.807, 2.05) is 76.5 Å². The Bertz CT molecular complexity index is 7290. The number of furan rings is 1. The van der Waals surface area contributed by atoms with Gasteiger partial charge in [0.25, 0.3) is 6.71 Å². The van der Waals surface area contributed by atoms with Crippen LogP contribution in [0.1, 0.15) is 62.0 Å². The lowest BCUT2D eigenvalue weighted by molar-refractivity contribution is 0.591. The first-order valence-electron chi connectivity index (χ1n) is 43.6. The first-order chi connectivity index (χ1) is 57.1. The van der Waals surface area contributed by atoms with Crippen LogP contribution in [0.15, 0.2) is 319 Å². The van der Waals surface area contributed by atoms with Crippen LogP contribution in [0.5, 0.6) is 0 Å². The molecule has 0 N–H and O–H groups in total. The van der Waals surface area contributed by atoms with Crippen LogP contribution in [0.25, 0.3) is 121 Å². The van der Waals surface area contributed by atoms with Crippen molar-refractivity contribution >= 4 is 123 Å². The first kappa shape index (κ1) is 34.0. The summed E-state index contributed by atoms with van der Waals surface area (Å²) in [5.41, 5.74) is 5.77. The third kappa shape index (κ3) is 8.15. The molecule has 0 amide bonds. The Morgan fingerprint density at radius 1 is 0.330 bits per heavy atom. The highest BCUT2D eigenvalue weighted by molar-refractivity contribution is 7.00. The summed E-state index contributed by atoms with van der Waals surface area (Å²) in [5, 5.41) is -0.0471. The van der Waals surface area contributed by atoms with Gasteiger partial charge >= 0.3 is 0 Å². The summed E-state index contributed by atoms with van der Waals surface area (Å²) in [5.74, 6) is 0. The number of rotatable bonds is 8. The lowest BCUT2D eigenvalue weighted by Gasteiger charge is -2.45. The van der Waals surface area contributed by atoms with Crippen molar-refractivity contribution in [2.45, 2.75) is 26.2 Å². The molecule has 19 rings (SSSR count). The van der Waals surface area contributed by atoms with E-state index in [1.54, 1.807) is 78.9 Å². The van der Waals surface area contributed by atoms with E-state index < -0.39 is 169 Å². The number of anilines is 6. The second kappa shape index (κ2) is 20.8. The normalized spacial score (nSPS) is 16.6. The molecule has 0 fully saturated rings. The maximum Gasteiger partial charge on any atom is 0.252 e. The average Bonchev–Trinajstić information content (AvgIpc) is 0.882. The van der Waals surface area contributed by atoms with Crippen molar-refractivity contribution in [3.05, 3.63) is 320 Å². The van der Waals surface area contributed by atoms with Crippen molar-refractivity contribution in [2.75, 3.05) is 9.80 Å². The molecule has 0 aliphatic carbocycles. The SMILES string of the molecule is [2H]c1c([2H])c([2H])c(-c2ccc3c(c2)N(c2c(-c4ccccc4)cc(C(C)(C)C)cc2-c2ccccc2)c2cc(-c4c([2H])c([2H])c([2H])c([2H])c4[2H])cc4c2B3c2ccc(-n3c5c([2H])c([2H])c([2H])c([2H])c5c5c([2H])c([2H])c([2H])c([2H])c53)cc2N4c2cccc3c2oc2c(-n4c5c([2H])c([2H])c([2H])c([2H])c5c5c([2H])c([2H])c([2H])c([2H])c54)cccc23)c([2H])c1[2H]. The lowest BCUT2D eigenvalue weighted by Crippen LogP contribution is -2.61. The van der Waals surface area contributed by atoms with E-state index in [0.717, 1.165) is 16.7 Å². The Balaban J connectivity index is 1.02. The number of hydrogen-bond donors (Lipinski definition) is 0. The summed E-state index contributed by atoms with van der Waals surface area (Å²) in [6.45, 7) is 5.24. The van der Waals surface area contributed by atoms with Crippen LogP contribution in [-0.2, 0) is 5.41 Å². The summed E-state index contributed by atoms with van der Waals surface area (Å²) >= 11 is 0. The van der Waals surface area contributed by atoms with Crippen molar-refractivity contribution < 1.29 is 40.1 Å². The first-order valence-corrected chi connectivity index (χ1v) is 30.6. The zero-order chi connectivity index (χ0) is 85.0. The molecule has 442 valence electrons. The number of para-hydroxylation sites is 6. The van der Waals surface area contributed by atoms with Crippen molar-refractivity contribution in [2.24, 2.45) is 0 Å².